The molecule has 2 atom stereocenters. The molecule has 2 aromatic carbocycles. The molecular weight excluding hydrogens is 432 g/mol. The zero-order chi connectivity index (χ0) is 25.1. The van der Waals surface area contributed by atoms with Crippen molar-refractivity contribution in [2.45, 2.75) is 58.2 Å². The SMILES string of the molecule is CC(C)(N)CC(C)(C(=O)OCC(O)COc1ccc2cc(-c3ccccc3)oc2c1)C(C)(C)N. The normalized spacial score (nSPS) is 15.1. The molecule has 7 nitrogen and oxygen atoms in total. The van der Waals surface area contributed by atoms with E-state index in [1.165, 1.54) is 0 Å². The Labute approximate surface area is 201 Å². The molecule has 2 unspecified atom stereocenters. The van der Waals surface area contributed by atoms with Crippen LogP contribution in [-0.2, 0) is 9.53 Å². The largest absolute Gasteiger partial charge is 0.491 e. The highest BCUT2D eigenvalue weighted by Crippen LogP contribution is 2.38. The molecule has 184 valence electrons. The zero-order valence-electron chi connectivity index (χ0n) is 20.6. The molecule has 7 heteroatoms. The highest BCUT2D eigenvalue weighted by Gasteiger charge is 2.48. The second kappa shape index (κ2) is 9.78. The number of ether oxygens (including phenoxy) is 2. The van der Waals surface area contributed by atoms with Crippen LogP contribution in [0.25, 0.3) is 22.3 Å². The van der Waals surface area contributed by atoms with Crippen molar-refractivity contribution >= 4 is 16.9 Å². The fraction of sp³-hybridized carbons (Fsp3) is 0.444. The van der Waals surface area contributed by atoms with Crippen LogP contribution in [0.2, 0.25) is 0 Å². The van der Waals surface area contributed by atoms with Gasteiger partial charge in [-0.3, -0.25) is 4.79 Å². The number of rotatable bonds is 10. The van der Waals surface area contributed by atoms with Gasteiger partial charge in [0.2, 0.25) is 0 Å². The van der Waals surface area contributed by atoms with Crippen molar-refractivity contribution in [3.8, 4) is 17.1 Å². The molecule has 0 fully saturated rings. The number of aliphatic hydroxyl groups excluding tert-OH is 1. The van der Waals surface area contributed by atoms with Gasteiger partial charge in [-0.05, 0) is 59.2 Å². The van der Waals surface area contributed by atoms with Gasteiger partial charge in [-0.2, -0.15) is 0 Å². The minimum absolute atomic E-state index is 0.0455. The van der Waals surface area contributed by atoms with Gasteiger partial charge >= 0.3 is 5.97 Å². The number of hydrogen-bond donors (Lipinski definition) is 3. The Morgan fingerprint density at radius 1 is 1.00 bits per heavy atom. The lowest BCUT2D eigenvalue weighted by Gasteiger charge is -2.43. The molecule has 3 aromatic rings. The molecule has 0 aliphatic rings. The first kappa shape index (κ1) is 25.7. The Kier molecular flexibility index (Phi) is 7.41. The predicted molar refractivity (Wildman–Crippen MR) is 133 cm³/mol. The molecule has 0 saturated heterocycles. The van der Waals surface area contributed by atoms with E-state index in [0.29, 0.717) is 17.8 Å². The van der Waals surface area contributed by atoms with E-state index in [0.717, 1.165) is 16.7 Å². The Hall–Kier alpha value is -2.87. The number of hydrogen-bond acceptors (Lipinski definition) is 7. The molecule has 5 N–H and O–H groups in total. The fourth-order valence-corrected chi connectivity index (χ4v) is 3.89. The summed E-state index contributed by atoms with van der Waals surface area (Å²) >= 11 is 0. The summed E-state index contributed by atoms with van der Waals surface area (Å²) in [6.45, 7) is 8.71. The molecule has 0 amide bonds. The summed E-state index contributed by atoms with van der Waals surface area (Å²) in [5.74, 6) is 0.818. The van der Waals surface area contributed by atoms with E-state index < -0.39 is 28.6 Å². The molecule has 3 rings (SSSR count). The van der Waals surface area contributed by atoms with Gasteiger partial charge in [-0.15, -0.1) is 0 Å². The first-order valence-electron chi connectivity index (χ1n) is 11.4. The van der Waals surface area contributed by atoms with E-state index in [9.17, 15) is 9.90 Å². The number of fused-ring (bicyclic) bond motifs is 1. The predicted octanol–water partition coefficient (Wildman–Crippen LogP) is 4.25. The maximum absolute atomic E-state index is 12.9. The van der Waals surface area contributed by atoms with Crippen molar-refractivity contribution in [2.24, 2.45) is 16.9 Å². The van der Waals surface area contributed by atoms with Crippen LogP contribution in [0.4, 0.5) is 0 Å². The molecule has 0 aliphatic heterocycles. The Morgan fingerprint density at radius 2 is 1.68 bits per heavy atom. The highest BCUT2D eigenvalue weighted by atomic mass is 16.5. The van der Waals surface area contributed by atoms with E-state index in [4.69, 9.17) is 25.4 Å². The van der Waals surface area contributed by atoms with Gasteiger partial charge in [-0.25, -0.2) is 0 Å². The van der Waals surface area contributed by atoms with E-state index in [-0.39, 0.29) is 13.2 Å². The van der Waals surface area contributed by atoms with Crippen molar-refractivity contribution in [1.29, 1.82) is 0 Å². The molecule has 0 radical (unpaired) electrons. The van der Waals surface area contributed by atoms with E-state index in [1.807, 2.05) is 62.4 Å². The topological polar surface area (TPSA) is 121 Å². The second-order valence-electron chi connectivity index (χ2n) is 10.5. The minimum atomic E-state index is -1.02. The molecule has 34 heavy (non-hydrogen) atoms. The molecule has 0 bridgehead atoms. The van der Waals surface area contributed by atoms with Crippen molar-refractivity contribution in [3.63, 3.8) is 0 Å². The quantitative estimate of drug-likeness (QED) is 0.380. The molecular formula is C27H36N2O5. The zero-order valence-corrected chi connectivity index (χ0v) is 20.6. The first-order valence-corrected chi connectivity index (χ1v) is 11.4. The lowest BCUT2D eigenvalue weighted by atomic mass is 9.67. The maximum Gasteiger partial charge on any atom is 0.313 e. The second-order valence-corrected chi connectivity index (χ2v) is 10.5. The lowest BCUT2D eigenvalue weighted by molar-refractivity contribution is -0.163. The summed E-state index contributed by atoms with van der Waals surface area (Å²) in [5.41, 5.74) is 11.6. The molecule has 0 saturated carbocycles. The van der Waals surface area contributed by atoms with Crippen LogP contribution in [0.3, 0.4) is 0 Å². The van der Waals surface area contributed by atoms with Crippen LogP contribution in [0.15, 0.2) is 59.0 Å². The molecule has 0 aliphatic carbocycles. The molecule has 1 aromatic heterocycles. The van der Waals surface area contributed by atoms with Gasteiger partial charge in [-0.1, -0.05) is 30.3 Å². The van der Waals surface area contributed by atoms with Crippen molar-refractivity contribution in [2.75, 3.05) is 13.2 Å². The molecule has 1 heterocycles. The third kappa shape index (κ3) is 6.17. The monoisotopic (exact) mass is 468 g/mol. The highest BCUT2D eigenvalue weighted by molar-refractivity contribution is 5.84. The first-order chi connectivity index (χ1) is 15.8. The van der Waals surface area contributed by atoms with Gasteiger partial charge in [0.05, 0.1) is 5.41 Å². The molecule has 0 spiro atoms. The van der Waals surface area contributed by atoms with Crippen LogP contribution in [-0.4, -0.2) is 41.5 Å². The Balaban J connectivity index is 1.59. The van der Waals surface area contributed by atoms with Crippen molar-refractivity contribution < 1.29 is 23.8 Å². The maximum atomic E-state index is 12.9. The van der Waals surface area contributed by atoms with Gasteiger partial charge in [0.25, 0.3) is 0 Å². The summed E-state index contributed by atoms with van der Waals surface area (Å²) in [6, 6.07) is 17.3. The average Bonchev–Trinajstić information content (AvgIpc) is 3.18. The summed E-state index contributed by atoms with van der Waals surface area (Å²) in [5, 5.41) is 11.3. The van der Waals surface area contributed by atoms with Gasteiger partial charge in [0.15, 0.2) is 0 Å². The third-order valence-electron chi connectivity index (χ3n) is 6.08. The minimum Gasteiger partial charge on any atom is -0.491 e. The van der Waals surface area contributed by atoms with Crippen molar-refractivity contribution in [3.05, 3.63) is 54.6 Å². The average molecular weight is 469 g/mol. The Morgan fingerprint density at radius 3 is 2.29 bits per heavy atom. The van der Waals surface area contributed by atoms with Gasteiger partial charge < -0.3 is 30.5 Å². The number of nitrogens with two attached hydrogens (primary N) is 2. The summed E-state index contributed by atoms with van der Waals surface area (Å²) in [4.78, 5) is 12.9. The van der Waals surface area contributed by atoms with Gasteiger partial charge in [0, 0.05) is 28.1 Å². The van der Waals surface area contributed by atoms with Crippen LogP contribution in [0.1, 0.15) is 41.0 Å². The number of benzene rings is 2. The fourth-order valence-electron chi connectivity index (χ4n) is 3.89. The number of carbonyl (C=O) groups is 1. The smallest absolute Gasteiger partial charge is 0.313 e. The third-order valence-corrected chi connectivity index (χ3v) is 6.08. The number of carbonyl (C=O) groups excluding carboxylic acids is 1. The van der Waals surface area contributed by atoms with Crippen LogP contribution < -0.4 is 16.2 Å². The van der Waals surface area contributed by atoms with E-state index in [1.54, 1.807) is 26.8 Å². The lowest BCUT2D eigenvalue weighted by Crippen LogP contribution is -2.58. The van der Waals surface area contributed by atoms with Crippen molar-refractivity contribution in [1.82, 2.24) is 0 Å². The van der Waals surface area contributed by atoms with E-state index in [2.05, 4.69) is 0 Å². The van der Waals surface area contributed by atoms with Crippen LogP contribution in [0.5, 0.6) is 5.75 Å². The van der Waals surface area contributed by atoms with E-state index >= 15 is 0 Å². The van der Waals surface area contributed by atoms with Crippen LogP contribution in [0, 0.1) is 5.41 Å². The summed E-state index contributed by atoms with van der Waals surface area (Å²) in [7, 11) is 0. The van der Waals surface area contributed by atoms with Gasteiger partial charge in [0.1, 0.15) is 36.4 Å². The standard InChI is InChI=1S/C27H36N2O5/c1-25(2,28)17-27(5,26(3,4)29)24(31)33-16-20(30)15-32-21-12-11-19-13-22(34-23(19)14-21)18-9-7-6-8-10-18/h6-14,20,30H,15-17,28-29H2,1-5H3. The summed E-state index contributed by atoms with van der Waals surface area (Å²) < 4.78 is 17.1. The number of aliphatic hydroxyl groups is 1. The van der Waals surface area contributed by atoms with Crippen LogP contribution >= 0.6 is 0 Å². The Bertz CT molecular complexity index is 1110. The number of esters is 1. The summed E-state index contributed by atoms with van der Waals surface area (Å²) in [6.07, 6.45) is -0.671. The number of furan rings is 1.